The third-order valence-corrected chi connectivity index (χ3v) is 8.24. The molecule has 0 heteroatoms. The minimum atomic E-state index is 0.0936. The third-order valence-electron chi connectivity index (χ3n) is 8.24. The molecule has 2 aromatic rings. The van der Waals surface area contributed by atoms with Crippen LogP contribution in [0.3, 0.4) is 0 Å². The van der Waals surface area contributed by atoms with Crippen LogP contribution in [-0.4, -0.2) is 0 Å². The summed E-state index contributed by atoms with van der Waals surface area (Å²) < 4.78 is 0. The smallest absolute Gasteiger partial charge is 0.0123 e. The second kappa shape index (κ2) is 9.28. The van der Waals surface area contributed by atoms with Gasteiger partial charge in [-0.3, -0.25) is 0 Å². The lowest BCUT2D eigenvalue weighted by atomic mass is 9.60. The van der Waals surface area contributed by atoms with Crippen LogP contribution >= 0.6 is 0 Å². The zero-order chi connectivity index (χ0) is 23.9. The molecule has 33 heavy (non-hydrogen) atoms. The number of benzene rings is 2. The second-order valence-corrected chi connectivity index (χ2v) is 11.5. The Hall–Kier alpha value is -2.08. The molecule has 2 aromatic carbocycles. The van der Waals surface area contributed by atoms with Crippen molar-refractivity contribution < 1.29 is 0 Å². The number of hydrogen-bond acceptors (Lipinski definition) is 0. The van der Waals surface area contributed by atoms with Gasteiger partial charge in [0, 0.05) is 11.8 Å². The van der Waals surface area contributed by atoms with Crippen molar-refractivity contribution in [1.29, 1.82) is 0 Å². The van der Waals surface area contributed by atoms with Crippen molar-refractivity contribution >= 4 is 11.1 Å². The van der Waals surface area contributed by atoms with Crippen molar-refractivity contribution in [3.8, 4) is 0 Å². The molecule has 0 spiro atoms. The maximum Gasteiger partial charge on any atom is 0.0123 e. The third kappa shape index (κ3) is 3.84. The van der Waals surface area contributed by atoms with Crippen molar-refractivity contribution in [3.05, 3.63) is 81.9 Å². The first-order valence-corrected chi connectivity index (χ1v) is 13.4. The molecule has 0 N–H and O–H groups in total. The van der Waals surface area contributed by atoms with Crippen LogP contribution < -0.4 is 0 Å². The molecule has 2 unspecified atom stereocenters. The highest BCUT2D eigenvalue weighted by Gasteiger charge is 2.49. The molecular weight excluding hydrogens is 396 g/mol. The standard InChI is InChI=1S/C33H44/c1-9-15-25-23-17-11-13-19-27(23)31(29(25)21(3)4)33(7,8)32-28-20-14-12-18-24(28)26(16-10-2)30(32)22(5)6/h11-14,17-22,31-32H,9-10,15-16H2,1-8H3. The van der Waals surface area contributed by atoms with Crippen LogP contribution in [0.4, 0.5) is 0 Å². The molecule has 0 radical (unpaired) electrons. The number of hydrogen-bond donors (Lipinski definition) is 0. The summed E-state index contributed by atoms with van der Waals surface area (Å²) in [5.41, 5.74) is 13.0. The minimum Gasteiger partial charge on any atom is -0.0651 e. The van der Waals surface area contributed by atoms with Crippen LogP contribution in [0.15, 0.2) is 59.7 Å². The van der Waals surface area contributed by atoms with Gasteiger partial charge in [-0.05, 0) is 63.5 Å². The average molecular weight is 441 g/mol. The molecule has 0 aliphatic heterocycles. The van der Waals surface area contributed by atoms with Crippen molar-refractivity contribution in [3.63, 3.8) is 0 Å². The summed E-state index contributed by atoms with van der Waals surface area (Å²) in [4.78, 5) is 0. The lowest BCUT2D eigenvalue weighted by molar-refractivity contribution is 0.257. The predicted octanol–water partition coefficient (Wildman–Crippen LogP) is 10.0. The summed E-state index contributed by atoms with van der Waals surface area (Å²) >= 11 is 0. The van der Waals surface area contributed by atoms with E-state index in [4.69, 9.17) is 0 Å². The van der Waals surface area contributed by atoms with Crippen molar-refractivity contribution in [2.24, 2.45) is 17.3 Å². The first-order valence-electron chi connectivity index (χ1n) is 13.4. The minimum absolute atomic E-state index is 0.0936. The fourth-order valence-electron chi connectivity index (χ4n) is 7.23. The topological polar surface area (TPSA) is 0 Å². The van der Waals surface area contributed by atoms with E-state index in [2.05, 4.69) is 104 Å². The number of fused-ring (bicyclic) bond motifs is 2. The fraction of sp³-hybridized carbons (Fsp3) is 0.515. The van der Waals surface area contributed by atoms with Gasteiger partial charge < -0.3 is 0 Å². The van der Waals surface area contributed by atoms with Crippen molar-refractivity contribution in [2.75, 3.05) is 0 Å². The van der Waals surface area contributed by atoms with Crippen molar-refractivity contribution in [1.82, 2.24) is 0 Å². The summed E-state index contributed by atoms with van der Waals surface area (Å²) in [5, 5.41) is 0. The molecule has 176 valence electrons. The highest BCUT2D eigenvalue weighted by Crippen LogP contribution is 2.63. The molecule has 0 heterocycles. The Labute approximate surface area is 203 Å². The van der Waals surface area contributed by atoms with E-state index in [1.165, 1.54) is 36.8 Å². The summed E-state index contributed by atoms with van der Waals surface area (Å²) in [6, 6.07) is 18.7. The van der Waals surface area contributed by atoms with E-state index < -0.39 is 0 Å². The van der Waals surface area contributed by atoms with Crippen molar-refractivity contribution in [2.45, 2.75) is 92.9 Å². The quantitative estimate of drug-likeness (QED) is 0.383. The average Bonchev–Trinajstić information content (AvgIpc) is 3.29. The lowest BCUT2D eigenvalue weighted by Crippen LogP contribution is -2.32. The van der Waals surface area contributed by atoms with Gasteiger partial charge in [-0.1, -0.05) is 128 Å². The number of allylic oxidation sites excluding steroid dienone is 4. The molecule has 4 rings (SSSR count). The molecule has 0 amide bonds. The summed E-state index contributed by atoms with van der Waals surface area (Å²) in [5.74, 6) is 2.04. The zero-order valence-corrected chi connectivity index (χ0v) is 22.3. The zero-order valence-electron chi connectivity index (χ0n) is 22.3. The van der Waals surface area contributed by atoms with E-state index in [-0.39, 0.29) is 5.41 Å². The van der Waals surface area contributed by atoms with Crippen LogP contribution in [-0.2, 0) is 0 Å². The van der Waals surface area contributed by atoms with E-state index in [0.29, 0.717) is 23.7 Å². The van der Waals surface area contributed by atoms with E-state index in [1.807, 2.05) is 0 Å². The maximum atomic E-state index is 2.57. The Morgan fingerprint density at radius 2 is 1.00 bits per heavy atom. The Morgan fingerprint density at radius 1 is 0.636 bits per heavy atom. The molecule has 2 aliphatic carbocycles. The van der Waals surface area contributed by atoms with Crippen LogP contribution in [0.1, 0.15) is 115 Å². The normalized spacial score (nSPS) is 20.3. The summed E-state index contributed by atoms with van der Waals surface area (Å²) in [6.45, 7) is 19.5. The summed E-state index contributed by atoms with van der Waals surface area (Å²) in [7, 11) is 0. The molecule has 2 aliphatic rings. The predicted molar refractivity (Wildman–Crippen MR) is 145 cm³/mol. The van der Waals surface area contributed by atoms with Gasteiger partial charge in [0.1, 0.15) is 0 Å². The SMILES string of the molecule is CCCC1=C(C(C)C)C(C(C)(C)C2C(C(C)C)=C(CCC)c3ccccc32)c2ccccc21. The highest BCUT2D eigenvalue weighted by atomic mass is 14.5. The Morgan fingerprint density at radius 3 is 1.33 bits per heavy atom. The molecule has 0 bridgehead atoms. The highest BCUT2D eigenvalue weighted by molar-refractivity contribution is 5.82. The maximum absolute atomic E-state index is 2.57. The van der Waals surface area contributed by atoms with Crippen LogP contribution in [0.2, 0.25) is 0 Å². The monoisotopic (exact) mass is 440 g/mol. The molecule has 2 atom stereocenters. The van der Waals surface area contributed by atoms with Gasteiger partial charge in [0.05, 0.1) is 0 Å². The van der Waals surface area contributed by atoms with Gasteiger partial charge in [0.2, 0.25) is 0 Å². The second-order valence-electron chi connectivity index (χ2n) is 11.5. The van der Waals surface area contributed by atoms with Crippen LogP contribution in [0.25, 0.3) is 11.1 Å². The van der Waals surface area contributed by atoms with E-state index in [9.17, 15) is 0 Å². The molecular formula is C33H44. The molecule has 0 nitrogen and oxygen atoms in total. The van der Waals surface area contributed by atoms with E-state index in [0.717, 1.165) is 0 Å². The van der Waals surface area contributed by atoms with Gasteiger partial charge in [0.15, 0.2) is 0 Å². The summed E-state index contributed by atoms with van der Waals surface area (Å²) in [6.07, 6.45) is 4.78. The Bertz CT molecular complexity index is 987. The van der Waals surface area contributed by atoms with E-state index in [1.54, 1.807) is 33.4 Å². The Balaban J connectivity index is 1.97. The first-order chi connectivity index (χ1) is 15.8. The van der Waals surface area contributed by atoms with Gasteiger partial charge in [-0.25, -0.2) is 0 Å². The van der Waals surface area contributed by atoms with E-state index >= 15 is 0 Å². The van der Waals surface area contributed by atoms with Gasteiger partial charge in [0.25, 0.3) is 0 Å². The van der Waals surface area contributed by atoms with Gasteiger partial charge >= 0.3 is 0 Å². The largest absolute Gasteiger partial charge is 0.0651 e. The molecule has 0 aromatic heterocycles. The molecule has 0 saturated carbocycles. The van der Waals surface area contributed by atoms with Crippen LogP contribution in [0.5, 0.6) is 0 Å². The van der Waals surface area contributed by atoms with Gasteiger partial charge in [-0.2, -0.15) is 0 Å². The Kier molecular flexibility index (Phi) is 6.77. The van der Waals surface area contributed by atoms with Crippen LogP contribution in [0, 0.1) is 17.3 Å². The first kappa shape index (κ1) is 24.1. The molecule has 0 saturated heterocycles. The van der Waals surface area contributed by atoms with Gasteiger partial charge in [-0.15, -0.1) is 0 Å². The molecule has 0 fully saturated rings. The number of rotatable bonds is 8. The lowest BCUT2D eigenvalue weighted by Gasteiger charge is -2.43. The fourth-order valence-corrected chi connectivity index (χ4v) is 7.23.